The second kappa shape index (κ2) is 6.66. The van der Waals surface area contributed by atoms with Gasteiger partial charge in [0, 0.05) is 10.9 Å². The number of nitrogens with zero attached hydrogens (tertiary/aromatic N) is 2. The number of rotatable bonds is 4. The number of carbonyl (C=O) groups is 1. The molecule has 5 nitrogen and oxygen atoms in total. The summed E-state index contributed by atoms with van der Waals surface area (Å²) in [6.45, 7) is 1.80. The van der Waals surface area contributed by atoms with Crippen LogP contribution in [-0.4, -0.2) is 23.0 Å². The lowest BCUT2D eigenvalue weighted by Crippen LogP contribution is -2.11. The topological polar surface area (TPSA) is 64.1 Å². The van der Waals surface area contributed by atoms with Crippen LogP contribution in [0.3, 0.4) is 0 Å². The zero-order valence-electron chi connectivity index (χ0n) is 12.3. The number of anilines is 1. The molecule has 0 saturated carbocycles. The molecule has 2 aromatic heterocycles. The number of hydrogen-bond acceptors (Lipinski definition) is 6. The van der Waals surface area contributed by atoms with Crippen LogP contribution in [0.25, 0.3) is 11.3 Å². The summed E-state index contributed by atoms with van der Waals surface area (Å²) in [4.78, 5) is 21.3. The van der Waals surface area contributed by atoms with E-state index in [0.29, 0.717) is 26.5 Å². The van der Waals surface area contributed by atoms with Gasteiger partial charge in [0.1, 0.15) is 10.6 Å². The molecule has 0 bridgehead atoms. The van der Waals surface area contributed by atoms with E-state index >= 15 is 0 Å². The largest absolute Gasteiger partial charge is 0.495 e. The number of ether oxygens (including phenoxy) is 1. The minimum absolute atomic E-state index is 0.196. The van der Waals surface area contributed by atoms with Crippen molar-refractivity contribution in [1.82, 2.24) is 9.97 Å². The van der Waals surface area contributed by atoms with Crippen molar-refractivity contribution in [2.75, 3.05) is 12.4 Å². The minimum atomic E-state index is -0.196. The van der Waals surface area contributed by atoms with Crippen molar-refractivity contribution in [2.45, 2.75) is 6.92 Å². The Bertz CT molecular complexity index is 860. The van der Waals surface area contributed by atoms with Crippen molar-refractivity contribution < 1.29 is 9.53 Å². The van der Waals surface area contributed by atoms with Crippen LogP contribution in [0, 0.1) is 6.92 Å². The van der Waals surface area contributed by atoms with E-state index in [9.17, 15) is 4.79 Å². The van der Waals surface area contributed by atoms with Crippen LogP contribution in [0.1, 0.15) is 15.4 Å². The van der Waals surface area contributed by atoms with Gasteiger partial charge in [-0.05, 0) is 25.1 Å². The fourth-order valence-corrected chi connectivity index (χ4v) is 3.63. The smallest absolute Gasteiger partial charge is 0.269 e. The molecule has 0 saturated heterocycles. The third-order valence-corrected chi connectivity index (χ3v) is 5.10. The average Bonchev–Trinajstić information content (AvgIpc) is 3.16. The second-order valence-electron chi connectivity index (χ2n) is 4.61. The third kappa shape index (κ3) is 3.36. The van der Waals surface area contributed by atoms with Gasteiger partial charge in [0.2, 0.25) is 0 Å². The molecule has 3 rings (SSSR count). The van der Waals surface area contributed by atoms with Crippen LogP contribution in [0.5, 0.6) is 5.75 Å². The molecular weight excluding hydrogens is 354 g/mol. The van der Waals surface area contributed by atoms with Crippen LogP contribution in [0.15, 0.2) is 29.1 Å². The predicted octanol–water partition coefficient (Wildman–Crippen LogP) is 4.49. The number of aryl methyl sites for hydroxylation is 1. The van der Waals surface area contributed by atoms with Gasteiger partial charge in [-0.25, -0.2) is 9.97 Å². The molecular formula is C15H12ClN3O2S2. The van der Waals surface area contributed by atoms with E-state index in [4.69, 9.17) is 16.3 Å². The highest BCUT2D eigenvalue weighted by molar-refractivity contribution is 7.14. The summed E-state index contributed by atoms with van der Waals surface area (Å²) in [5.41, 5.74) is 3.97. The first-order chi connectivity index (χ1) is 11.1. The second-order valence-corrected chi connectivity index (χ2v) is 6.73. The first kappa shape index (κ1) is 15.9. The van der Waals surface area contributed by atoms with Gasteiger partial charge in [-0.1, -0.05) is 11.6 Å². The molecule has 23 heavy (non-hydrogen) atoms. The molecule has 0 fully saturated rings. The van der Waals surface area contributed by atoms with Gasteiger partial charge in [-0.2, -0.15) is 0 Å². The Balaban J connectivity index is 1.79. The molecule has 0 aliphatic heterocycles. The molecule has 0 radical (unpaired) electrons. The van der Waals surface area contributed by atoms with Gasteiger partial charge < -0.3 is 4.74 Å². The van der Waals surface area contributed by atoms with Gasteiger partial charge in [-0.3, -0.25) is 10.1 Å². The van der Waals surface area contributed by atoms with E-state index in [1.165, 1.54) is 22.7 Å². The summed E-state index contributed by atoms with van der Waals surface area (Å²) in [6.07, 6.45) is 0. The fourth-order valence-electron chi connectivity index (χ4n) is 1.96. The maximum Gasteiger partial charge on any atom is 0.269 e. The van der Waals surface area contributed by atoms with Crippen molar-refractivity contribution in [3.8, 4) is 17.0 Å². The van der Waals surface area contributed by atoms with E-state index in [2.05, 4.69) is 15.3 Å². The highest BCUT2D eigenvalue weighted by Gasteiger charge is 2.14. The Kier molecular flexibility index (Phi) is 4.61. The third-order valence-electron chi connectivity index (χ3n) is 3.12. The van der Waals surface area contributed by atoms with Gasteiger partial charge in [0.25, 0.3) is 5.91 Å². The Hall–Kier alpha value is -1.96. The predicted molar refractivity (Wildman–Crippen MR) is 93.9 cm³/mol. The number of nitrogens with one attached hydrogen (secondary N) is 1. The molecule has 8 heteroatoms. The highest BCUT2D eigenvalue weighted by atomic mass is 35.5. The number of methoxy groups -OCH3 is 1. The summed E-state index contributed by atoms with van der Waals surface area (Å²) in [6, 6.07) is 5.45. The minimum Gasteiger partial charge on any atom is -0.495 e. The maximum absolute atomic E-state index is 12.2. The summed E-state index contributed by atoms with van der Waals surface area (Å²) >= 11 is 8.80. The first-order valence-corrected chi connectivity index (χ1v) is 8.73. The fraction of sp³-hybridized carbons (Fsp3) is 0.133. The number of benzene rings is 1. The Morgan fingerprint density at radius 1 is 1.35 bits per heavy atom. The summed E-state index contributed by atoms with van der Waals surface area (Å²) in [7, 11) is 1.57. The molecule has 2 heterocycles. The van der Waals surface area contributed by atoms with Gasteiger partial charge in [-0.15, -0.1) is 22.7 Å². The molecule has 0 aliphatic carbocycles. The van der Waals surface area contributed by atoms with Crippen LogP contribution in [-0.2, 0) is 0 Å². The molecule has 0 spiro atoms. The standard InChI is InChI=1S/C15H12ClN3O2S2/c1-8-13(23-7-17-8)14(20)19-15-18-11(6-22-15)9-3-4-12(21-2)10(16)5-9/h3-7H,1-2H3,(H,18,19,20). The molecule has 3 aromatic rings. The molecule has 1 N–H and O–H groups in total. The Morgan fingerprint density at radius 2 is 2.17 bits per heavy atom. The summed E-state index contributed by atoms with van der Waals surface area (Å²) < 4.78 is 5.13. The summed E-state index contributed by atoms with van der Waals surface area (Å²) in [5, 5.41) is 5.71. The monoisotopic (exact) mass is 365 g/mol. The van der Waals surface area contributed by atoms with Crippen molar-refractivity contribution in [2.24, 2.45) is 0 Å². The molecule has 118 valence electrons. The highest BCUT2D eigenvalue weighted by Crippen LogP contribution is 2.32. The van der Waals surface area contributed by atoms with Gasteiger partial charge in [0.05, 0.1) is 29.0 Å². The number of carbonyl (C=O) groups excluding carboxylic acids is 1. The SMILES string of the molecule is COc1ccc(-c2csc(NC(=O)c3scnc3C)n2)cc1Cl. The number of aromatic nitrogens is 2. The van der Waals surface area contributed by atoms with Crippen LogP contribution in [0.4, 0.5) is 5.13 Å². The van der Waals surface area contributed by atoms with E-state index in [1.807, 2.05) is 11.4 Å². The average molecular weight is 366 g/mol. The van der Waals surface area contributed by atoms with E-state index in [0.717, 1.165) is 11.3 Å². The van der Waals surface area contributed by atoms with Crippen LogP contribution < -0.4 is 10.1 Å². The molecule has 1 amide bonds. The van der Waals surface area contributed by atoms with Gasteiger partial charge in [0.15, 0.2) is 5.13 Å². The quantitative estimate of drug-likeness (QED) is 0.739. The molecule has 0 aliphatic rings. The lowest BCUT2D eigenvalue weighted by atomic mass is 10.2. The number of thiazole rings is 2. The summed E-state index contributed by atoms with van der Waals surface area (Å²) in [5.74, 6) is 0.415. The van der Waals surface area contributed by atoms with Crippen molar-refractivity contribution in [1.29, 1.82) is 0 Å². The van der Waals surface area contributed by atoms with E-state index < -0.39 is 0 Å². The zero-order valence-corrected chi connectivity index (χ0v) is 14.7. The van der Waals surface area contributed by atoms with Crippen molar-refractivity contribution in [3.05, 3.63) is 44.7 Å². The number of amides is 1. The lowest BCUT2D eigenvalue weighted by molar-refractivity contribution is 0.103. The molecule has 1 aromatic carbocycles. The zero-order chi connectivity index (χ0) is 16.4. The normalized spacial score (nSPS) is 10.6. The van der Waals surface area contributed by atoms with Crippen LogP contribution in [0.2, 0.25) is 5.02 Å². The van der Waals surface area contributed by atoms with Crippen molar-refractivity contribution >= 4 is 45.3 Å². The first-order valence-electron chi connectivity index (χ1n) is 6.59. The van der Waals surface area contributed by atoms with Gasteiger partial charge >= 0.3 is 0 Å². The Morgan fingerprint density at radius 3 is 2.83 bits per heavy atom. The molecule has 0 unspecified atom stereocenters. The van der Waals surface area contributed by atoms with E-state index in [-0.39, 0.29) is 5.91 Å². The van der Waals surface area contributed by atoms with Crippen LogP contribution >= 0.6 is 34.3 Å². The number of halogens is 1. The van der Waals surface area contributed by atoms with E-state index in [1.54, 1.807) is 31.7 Å². The number of hydrogen-bond donors (Lipinski definition) is 1. The Labute approximate surface area is 145 Å². The molecule has 0 atom stereocenters. The maximum atomic E-state index is 12.2. The lowest BCUT2D eigenvalue weighted by Gasteiger charge is -2.04. The van der Waals surface area contributed by atoms with Crippen molar-refractivity contribution in [3.63, 3.8) is 0 Å².